The molecule has 70 valence electrons. The van der Waals surface area contributed by atoms with Crippen molar-refractivity contribution < 1.29 is 14.4 Å². The monoisotopic (exact) mass is 184 g/mol. The number of rotatable bonds is 2. The lowest BCUT2D eigenvalue weighted by atomic mass is 9.81. The number of hydrogen-bond acceptors (Lipinski definition) is 4. The molecule has 6 heteroatoms. The summed E-state index contributed by atoms with van der Waals surface area (Å²) in [6, 6.07) is 2.81. The molecule has 0 aliphatic heterocycles. The van der Waals surface area contributed by atoms with Gasteiger partial charge < -0.3 is 14.9 Å². The van der Waals surface area contributed by atoms with E-state index in [1.807, 2.05) is 0 Å². The summed E-state index contributed by atoms with van der Waals surface area (Å²) >= 11 is 0. The highest BCUT2D eigenvalue weighted by atomic mass is 19.1. The number of anilines is 1. The number of halogens is 1. The van der Waals surface area contributed by atoms with Crippen LogP contribution >= 0.6 is 0 Å². The van der Waals surface area contributed by atoms with Gasteiger partial charge in [-0.25, -0.2) is 4.98 Å². The van der Waals surface area contributed by atoms with Crippen LogP contribution in [0, 0.1) is 5.95 Å². The Hall–Kier alpha value is -1.14. The minimum absolute atomic E-state index is 0.217. The second-order valence-electron chi connectivity index (χ2n) is 2.82. The van der Waals surface area contributed by atoms with Gasteiger partial charge in [0.1, 0.15) is 5.82 Å². The fourth-order valence-corrected chi connectivity index (χ4v) is 0.877. The molecule has 0 bridgehead atoms. The minimum atomic E-state index is -1.82. The highest BCUT2D eigenvalue weighted by Gasteiger charge is 2.17. The van der Waals surface area contributed by atoms with Crippen molar-refractivity contribution in [1.29, 1.82) is 0 Å². The topological polar surface area (TPSA) is 56.6 Å². The number of pyridine rings is 1. The first-order valence-electron chi connectivity index (χ1n) is 3.72. The maximum absolute atomic E-state index is 13.0. The maximum Gasteiger partial charge on any atom is 0.493 e. The van der Waals surface area contributed by atoms with E-state index in [4.69, 9.17) is 10.0 Å². The first-order chi connectivity index (χ1) is 6.02. The molecule has 0 fully saturated rings. The smallest absolute Gasteiger partial charge is 0.423 e. The first kappa shape index (κ1) is 9.95. The average molecular weight is 184 g/mol. The highest BCUT2D eigenvalue weighted by molar-refractivity contribution is 6.58. The van der Waals surface area contributed by atoms with Crippen LogP contribution in [0.1, 0.15) is 0 Å². The molecular formula is C7H10BFN2O2. The van der Waals surface area contributed by atoms with Crippen molar-refractivity contribution in [2.45, 2.75) is 0 Å². The van der Waals surface area contributed by atoms with E-state index < -0.39 is 13.1 Å². The highest BCUT2D eigenvalue weighted by Crippen LogP contribution is 2.05. The van der Waals surface area contributed by atoms with Crippen LogP contribution in [0.5, 0.6) is 0 Å². The second kappa shape index (κ2) is 3.72. The lowest BCUT2D eigenvalue weighted by molar-refractivity contribution is 0.422. The van der Waals surface area contributed by atoms with Crippen LogP contribution in [0.2, 0.25) is 0 Å². The van der Waals surface area contributed by atoms with Crippen molar-refractivity contribution in [2.75, 3.05) is 19.0 Å². The Morgan fingerprint density at radius 3 is 2.38 bits per heavy atom. The molecule has 0 spiro atoms. The molecule has 0 aromatic carbocycles. The van der Waals surface area contributed by atoms with Crippen LogP contribution in [0.4, 0.5) is 10.2 Å². The van der Waals surface area contributed by atoms with Gasteiger partial charge in [-0.2, -0.15) is 4.39 Å². The molecule has 1 aromatic heterocycles. The molecule has 13 heavy (non-hydrogen) atoms. The van der Waals surface area contributed by atoms with Gasteiger partial charge in [0, 0.05) is 19.6 Å². The van der Waals surface area contributed by atoms with Crippen LogP contribution in [0.15, 0.2) is 12.1 Å². The van der Waals surface area contributed by atoms with Gasteiger partial charge in [0.25, 0.3) is 0 Å². The van der Waals surface area contributed by atoms with Gasteiger partial charge in [0.2, 0.25) is 5.95 Å². The summed E-state index contributed by atoms with van der Waals surface area (Å²) in [5, 5.41) is 17.4. The van der Waals surface area contributed by atoms with E-state index >= 15 is 0 Å². The summed E-state index contributed by atoms with van der Waals surface area (Å²) in [6.07, 6.45) is 0. The summed E-state index contributed by atoms with van der Waals surface area (Å²) in [5.41, 5.74) is -0.217. The molecule has 0 atom stereocenters. The molecule has 0 aliphatic carbocycles. The zero-order chi connectivity index (χ0) is 10.0. The van der Waals surface area contributed by atoms with Crippen LogP contribution in [-0.4, -0.2) is 36.2 Å². The van der Waals surface area contributed by atoms with Gasteiger partial charge in [0.05, 0.1) is 0 Å². The summed E-state index contributed by atoms with van der Waals surface area (Å²) in [6.45, 7) is 0. The standard InChI is InChI=1S/C7H10BFN2O2/c1-11(2)6-4-3-5(8(12)13)7(9)10-6/h3-4,12-13H,1-2H3. The summed E-state index contributed by atoms with van der Waals surface area (Å²) < 4.78 is 13.0. The van der Waals surface area contributed by atoms with Crippen molar-refractivity contribution in [1.82, 2.24) is 4.98 Å². The fraction of sp³-hybridized carbons (Fsp3) is 0.286. The van der Waals surface area contributed by atoms with Gasteiger partial charge in [-0.15, -0.1) is 0 Å². The molecule has 2 N–H and O–H groups in total. The summed E-state index contributed by atoms with van der Waals surface area (Å²) in [4.78, 5) is 5.15. The molecule has 1 aromatic rings. The van der Waals surface area contributed by atoms with Crippen LogP contribution in [-0.2, 0) is 0 Å². The van der Waals surface area contributed by atoms with Gasteiger partial charge in [-0.1, -0.05) is 6.07 Å². The first-order valence-corrected chi connectivity index (χ1v) is 3.72. The van der Waals surface area contributed by atoms with Crippen molar-refractivity contribution >= 4 is 18.4 Å². The third-order valence-electron chi connectivity index (χ3n) is 1.60. The molecule has 0 saturated carbocycles. The lowest BCUT2D eigenvalue weighted by Gasteiger charge is -2.11. The summed E-state index contributed by atoms with van der Waals surface area (Å²) in [5.74, 6) is -0.428. The lowest BCUT2D eigenvalue weighted by Crippen LogP contribution is -2.34. The SMILES string of the molecule is CN(C)c1ccc(B(O)O)c(F)n1. The van der Waals surface area contributed by atoms with E-state index in [0.29, 0.717) is 5.82 Å². The fourth-order valence-electron chi connectivity index (χ4n) is 0.877. The molecule has 1 heterocycles. The number of aromatic nitrogens is 1. The van der Waals surface area contributed by atoms with Gasteiger partial charge in [-0.3, -0.25) is 0 Å². The molecule has 4 nitrogen and oxygen atoms in total. The Labute approximate surface area is 75.8 Å². The number of hydrogen-bond donors (Lipinski definition) is 2. The predicted octanol–water partition coefficient (Wildman–Crippen LogP) is -1.03. The second-order valence-corrected chi connectivity index (χ2v) is 2.82. The normalized spacial score (nSPS) is 9.92. The van der Waals surface area contributed by atoms with Gasteiger partial charge in [0.15, 0.2) is 0 Å². The summed E-state index contributed by atoms with van der Waals surface area (Å²) in [7, 11) is 1.62. The van der Waals surface area contributed by atoms with E-state index in [2.05, 4.69) is 4.98 Å². The van der Waals surface area contributed by atoms with Gasteiger partial charge >= 0.3 is 7.12 Å². The van der Waals surface area contributed by atoms with Crippen LogP contribution < -0.4 is 10.4 Å². The Kier molecular flexibility index (Phi) is 2.85. The van der Waals surface area contributed by atoms with E-state index in [0.717, 1.165) is 0 Å². The van der Waals surface area contributed by atoms with E-state index in [9.17, 15) is 4.39 Å². The van der Waals surface area contributed by atoms with Crippen molar-refractivity contribution in [3.8, 4) is 0 Å². The molecule has 0 aliphatic rings. The predicted molar refractivity (Wildman–Crippen MR) is 48.3 cm³/mol. The quantitative estimate of drug-likeness (QED) is 0.455. The molecular weight excluding hydrogens is 174 g/mol. The van der Waals surface area contributed by atoms with E-state index in [-0.39, 0.29) is 5.46 Å². The molecule has 0 saturated heterocycles. The zero-order valence-electron chi connectivity index (χ0n) is 7.40. The Morgan fingerprint density at radius 2 is 2.00 bits per heavy atom. The molecule has 0 radical (unpaired) electrons. The molecule has 0 amide bonds. The Bertz CT molecular complexity index is 307. The van der Waals surface area contributed by atoms with Crippen LogP contribution in [0.25, 0.3) is 0 Å². The van der Waals surface area contributed by atoms with Crippen LogP contribution in [0.3, 0.4) is 0 Å². The third kappa shape index (κ3) is 2.16. The van der Waals surface area contributed by atoms with E-state index in [1.165, 1.54) is 12.1 Å². The van der Waals surface area contributed by atoms with Crippen molar-refractivity contribution in [2.24, 2.45) is 0 Å². The van der Waals surface area contributed by atoms with Crippen molar-refractivity contribution in [3.05, 3.63) is 18.1 Å². The minimum Gasteiger partial charge on any atom is -0.423 e. The van der Waals surface area contributed by atoms with E-state index in [1.54, 1.807) is 19.0 Å². The number of nitrogens with zero attached hydrogens (tertiary/aromatic N) is 2. The Balaban J connectivity index is 3.06. The van der Waals surface area contributed by atoms with Crippen molar-refractivity contribution in [3.63, 3.8) is 0 Å². The average Bonchev–Trinajstić information content (AvgIpc) is 2.03. The van der Waals surface area contributed by atoms with Gasteiger partial charge in [-0.05, 0) is 6.07 Å². The largest absolute Gasteiger partial charge is 0.493 e. The molecule has 0 unspecified atom stereocenters. The maximum atomic E-state index is 13.0. The zero-order valence-corrected chi connectivity index (χ0v) is 7.40. The Morgan fingerprint density at radius 1 is 1.38 bits per heavy atom. The molecule has 1 rings (SSSR count). The third-order valence-corrected chi connectivity index (χ3v) is 1.60.